The highest BCUT2D eigenvalue weighted by Crippen LogP contribution is 2.16. The Hall–Kier alpha value is -2.11. The average Bonchev–Trinajstić information content (AvgIpc) is 2.60. The van der Waals surface area contributed by atoms with E-state index < -0.39 is 0 Å². The summed E-state index contributed by atoms with van der Waals surface area (Å²) >= 11 is 0. The van der Waals surface area contributed by atoms with Crippen LogP contribution in [0.2, 0.25) is 0 Å². The lowest BCUT2D eigenvalue weighted by Gasteiger charge is -2.32. The number of ether oxygens (including phenoxy) is 1. The maximum absolute atomic E-state index is 13.2. The topological polar surface area (TPSA) is 41.6 Å². The first kappa shape index (κ1) is 19.2. The van der Waals surface area contributed by atoms with Crippen molar-refractivity contribution in [2.75, 3.05) is 19.6 Å². The lowest BCUT2D eigenvalue weighted by Crippen LogP contribution is -2.51. The fourth-order valence-electron chi connectivity index (χ4n) is 2.82. The molecule has 1 atom stereocenters. The van der Waals surface area contributed by atoms with Crippen LogP contribution in [-0.2, 0) is 6.61 Å². The van der Waals surface area contributed by atoms with Crippen molar-refractivity contribution in [1.29, 1.82) is 0 Å². The van der Waals surface area contributed by atoms with E-state index in [1.807, 2.05) is 29.2 Å². The van der Waals surface area contributed by atoms with Gasteiger partial charge in [0.1, 0.15) is 18.2 Å². The van der Waals surface area contributed by atoms with E-state index >= 15 is 0 Å². The van der Waals surface area contributed by atoms with Crippen LogP contribution in [-0.4, -0.2) is 36.5 Å². The molecule has 4 nitrogen and oxygen atoms in total. The van der Waals surface area contributed by atoms with E-state index in [0.717, 1.165) is 12.1 Å². The monoisotopic (exact) mass is 364 g/mol. The summed E-state index contributed by atoms with van der Waals surface area (Å²) in [4.78, 5) is 14.5. The van der Waals surface area contributed by atoms with Crippen LogP contribution in [0.3, 0.4) is 0 Å². The summed E-state index contributed by atoms with van der Waals surface area (Å²) in [7, 11) is 0. The second kappa shape index (κ2) is 8.83. The minimum atomic E-state index is -0.329. The lowest BCUT2D eigenvalue weighted by atomic mass is 10.1. The summed E-state index contributed by atoms with van der Waals surface area (Å²) in [6, 6.07) is 13.8. The number of hydrogen-bond donors (Lipinski definition) is 1. The van der Waals surface area contributed by atoms with Crippen LogP contribution in [0, 0.1) is 5.82 Å². The molecule has 1 aliphatic rings. The zero-order valence-electron chi connectivity index (χ0n) is 14.1. The van der Waals surface area contributed by atoms with Gasteiger partial charge in [-0.3, -0.25) is 4.79 Å². The first-order valence-corrected chi connectivity index (χ1v) is 8.12. The molecule has 0 saturated carbocycles. The molecule has 6 heteroatoms. The van der Waals surface area contributed by atoms with Gasteiger partial charge in [0.2, 0.25) is 0 Å². The SMILES string of the molecule is CC1CN(C(=O)c2cccc(COc3cccc(F)c3)c2)CCN1.Cl. The molecule has 134 valence electrons. The Morgan fingerprint density at radius 2 is 2.08 bits per heavy atom. The van der Waals surface area contributed by atoms with Crippen molar-refractivity contribution < 1.29 is 13.9 Å². The number of amides is 1. The molecule has 2 aromatic carbocycles. The smallest absolute Gasteiger partial charge is 0.253 e. The Bertz CT molecular complexity index is 726. The minimum absolute atomic E-state index is 0. The van der Waals surface area contributed by atoms with Crippen LogP contribution in [0.1, 0.15) is 22.8 Å². The number of halogens is 2. The van der Waals surface area contributed by atoms with Gasteiger partial charge >= 0.3 is 0 Å². The molecule has 1 unspecified atom stereocenters. The number of carbonyl (C=O) groups is 1. The number of piperazine rings is 1. The number of benzene rings is 2. The molecule has 0 radical (unpaired) electrons. The van der Waals surface area contributed by atoms with Gasteiger partial charge in [-0.15, -0.1) is 12.4 Å². The first-order valence-electron chi connectivity index (χ1n) is 8.12. The molecular weight excluding hydrogens is 343 g/mol. The molecule has 25 heavy (non-hydrogen) atoms. The lowest BCUT2D eigenvalue weighted by molar-refractivity contribution is 0.0709. The molecule has 1 amide bonds. The second-order valence-electron chi connectivity index (χ2n) is 6.05. The summed E-state index contributed by atoms with van der Waals surface area (Å²) in [5, 5.41) is 3.33. The molecule has 3 rings (SSSR count). The van der Waals surface area contributed by atoms with E-state index in [2.05, 4.69) is 12.2 Å². The highest BCUT2D eigenvalue weighted by atomic mass is 35.5. The van der Waals surface area contributed by atoms with E-state index in [0.29, 0.717) is 37.1 Å². The molecule has 0 spiro atoms. The predicted octanol–water partition coefficient (Wildman–Crippen LogP) is 3.26. The van der Waals surface area contributed by atoms with Crippen molar-refractivity contribution >= 4 is 18.3 Å². The molecule has 0 bridgehead atoms. The number of nitrogens with one attached hydrogen (secondary N) is 1. The van der Waals surface area contributed by atoms with Gasteiger partial charge in [0, 0.05) is 37.3 Å². The molecule has 1 fully saturated rings. The quantitative estimate of drug-likeness (QED) is 0.905. The van der Waals surface area contributed by atoms with Crippen LogP contribution in [0.15, 0.2) is 48.5 Å². The van der Waals surface area contributed by atoms with Crippen LogP contribution in [0.5, 0.6) is 5.75 Å². The normalized spacial score (nSPS) is 16.9. The van der Waals surface area contributed by atoms with Gasteiger partial charge in [-0.2, -0.15) is 0 Å². The fraction of sp³-hybridized carbons (Fsp3) is 0.316. The van der Waals surface area contributed by atoms with Crippen molar-refractivity contribution in [2.24, 2.45) is 0 Å². The number of rotatable bonds is 4. The van der Waals surface area contributed by atoms with Crippen LogP contribution in [0.25, 0.3) is 0 Å². The minimum Gasteiger partial charge on any atom is -0.489 e. The molecule has 0 aromatic heterocycles. The zero-order chi connectivity index (χ0) is 16.9. The van der Waals surface area contributed by atoms with Gasteiger partial charge in [0.25, 0.3) is 5.91 Å². The van der Waals surface area contributed by atoms with Gasteiger partial charge in [0.15, 0.2) is 0 Å². The van der Waals surface area contributed by atoms with Gasteiger partial charge in [-0.25, -0.2) is 4.39 Å². The highest BCUT2D eigenvalue weighted by molar-refractivity contribution is 5.94. The number of hydrogen-bond acceptors (Lipinski definition) is 3. The molecule has 1 aliphatic heterocycles. The maximum Gasteiger partial charge on any atom is 0.253 e. The summed E-state index contributed by atoms with van der Waals surface area (Å²) in [6.07, 6.45) is 0. The van der Waals surface area contributed by atoms with E-state index in [9.17, 15) is 9.18 Å². The zero-order valence-corrected chi connectivity index (χ0v) is 14.9. The summed E-state index contributed by atoms with van der Waals surface area (Å²) in [6.45, 7) is 4.61. The molecule has 2 aromatic rings. The van der Waals surface area contributed by atoms with Crippen LogP contribution < -0.4 is 10.1 Å². The molecule has 1 N–H and O–H groups in total. The highest BCUT2D eigenvalue weighted by Gasteiger charge is 2.21. The van der Waals surface area contributed by atoms with Crippen molar-refractivity contribution in [3.63, 3.8) is 0 Å². The molecule has 1 saturated heterocycles. The molecular formula is C19H22ClFN2O2. The Balaban J connectivity index is 0.00000225. The summed E-state index contributed by atoms with van der Waals surface area (Å²) in [5.41, 5.74) is 1.54. The third-order valence-electron chi connectivity index (χ3n) is 4.03. The molecule has 1 heterocycles. The van der Waals surface area contributed by atoms with Crippen LogP contribution >= 0.6 is 12.4 Å². The van der Waals surface area contributed by atoms with Crippen molar-refractivity contribution in [3.8, 4) is 5.75 Å². The Kier molecular flexibility index (Phi) is 6.79. The van der Waals surface area contributed by atoms with Crippen LogP contribution in [0.4, 0.5) is 4.39 Å². The van der Waals surface area contributed by atoms with Gasteiger partial charge in [0.05, 0.1) is 0 Å². The Morgan fingerprint density at radius 1 is 1.28 bits per heavy atom. The summed E-state index contributed by atoms with van der Waals surface area (Å²) in [5.74, 6) is 0.183. The number of carbonyl (C=O) groups excluding carboxylic acids is 1. The fourth-order valence-corrected chi connectivity index (χ4v) is 2.82. The van der Waals surface area contributed by atoms with Gasteiger partial charge < -0.3 is 15.0 Å². The third-order valence-corrected chi connectivity index (χ3v) is 4.03. The van der Waals surface area contributed by atoms with Gasteiger partial charge in [-0.05, 0) is 36.8 Å². The predicted molar refractivity (Wildman–Crippen MR) is 97.8 cm³/mol. The van der Waals surface area contributed by atoms with E-state index in [1.54, 1.807) is 12.1 Å². The first-order chi connectivity index (χ1) is 11.6. The average molecular weight is 365 g/mol. The van der Waals surface area contributed by atoms with Crippen molar-refractivity contribution in [2.45, 2.75) is 19.6 Å². The van der Waals surface area contributed by atoms with Crippen molar-refractivity contribution in [3.05, 3.63) is 65.5 Å². The Labute approximate surface area is 153 Å². The maximum atomic E-state index is 13.2. The standard InChI is InChI=1S/C19H21FN2O2.ClH/c1-14-12-22(9-8-21-14)19(23)16-5-2-4-15(10-16)13-24-18-7-3-6-17(20)11-18;/h2-7,10-11,14,21H,8-9,12-13H2,1H3;1H. The number of nitrogens with zero attached hydrogens (tertiary/aromatic N) is 1. The van der Waals surface area contributed by atoms with E-state index in [-0.39, 0.29) is 24.1 Å². The Morgan fingerprint density at radius 3 is 2.84 bits per heavy atom. The largest absolute Gasteiger partial charge is 0.489 e. The second-order valence-corrected chi connectivity index (χ2v) is 6.05. The third kappa shape index (κ3) is 5.18. The molecule has 0 aliphatic carbocycles. The van der Waals surface area contributed by atoms with Crippen molar-refractivity contribution in [1.82, 2.24) is 10.2 Å². The van der Waals surface area contributed by atoms with Gasteiger partial charge in [-0.1, -0.05) is 18.2 Å². The van der Waals surface area contributed by atoms with E-state index in [4.69, 9.17) is 4.74 Å². The van der Waals surface area contributed by atoms with E-state index in [1.165, 1.54) is 12.1 Å². The summed E-state index contributed by atoms with van der Waals surface area (Å²) < 4.78 is 18.8.